The zero-order valence-corrected chi connectivity index (χ0v) is 14.6. The van der Waals surface area contributed by atoms with Gasteiger partial charge in [0.2, 0.25) is 0 Å². The maximum atomic E-state index is 13.4. The van der Waals surface area contributed by atoms with Crippen LogP contribution in [-0.4, -0.2) is 12.8 Å². The Morgan fingerprint density at radius 2 is 1.58 bits per heavy atom. The molecule has 26 heavy (non-hydrogen) atoms. The van der Waals surface area contributed by atoms with Crippen molar-refractivity contribution in [3.63, 3.8) is 0 Å². The molecule has 0 N–H and O–H groups in total. The van der Waals surface area contributed by atoms with Crippen molar-refractivity contribution in [3.8, 4) is 29.0 Å². The molecular weight excluding hydrogens is 327 g/mol. The summed E-state index contributed by atoms with van der Waals surface area (Å²) >= 11 is 0. The van der Waals surface area contributed by atoms with Crippen LogP contribution in [0.5, 0.6) is 5.75 Å². The second-order valence-electron chi connectivity index (χ2n) is 6.02. The maximum Gasteiger partial charge on any atom is 0.134 e. The second kappa shape index (κ2) is 10.0. The predicted molar refractivity (Wildman–Crippen MR) is 100 cm³/mol. The number of unbranched alkanes of at least 4 members (excludes halogenated alkanes) is 2. The number of hydrogen-bond donors (Lipinski definition) is 0. The Labute approximate surface area is 154 Å². The van der Waals surface area contributed by atoms with Crippen LogP contribution in [0, 0.1) is 22.7 Å². The van der Waals surface area contributed by atoms with Crippen LogP contribution in [0.3, 0.4) is 0 Å². The van der Waals surface area contributed by atoms with Gasteiger partial charge in [-0.15, -0.1) is 0 Å². The molecule has 3 nitrogen and oxygen atoms in total. The summed E-state index contributed by atoms with van der Waals surface area (Å²) in [5, 5.41) is 17.4. The Kier molecular flexibility index (Phi) is 7.40. The summed E-state index contributed by atoms with van der Waals surface area (Å²) in [6, 6.07) is 19.1. The van der Waals surface area contributed by atoms with E-state index >= 15 is 0 Å². The number of allylic oxidation sites excluding steroid dienone is 1. The highest BCUT2D eigenvalue weighted by molar-refractivity contribution is 5.64. The summed E-state index contributed by atoms with van der Waals surface area (Å²) in [6.45, 7) is 3.97. The fourth-order valence-corrected chi connectivity index (χ4v) is 2.52. The molecule has 0 heterocycles. The van der Waals surface area contributed by atoms with Crippen LogP contribution < -0.4 is 4.74 Å². The molecule has 0 aliphatic carbocycles. The zero-order chi connectivity index (χ0) is 18.8. The molecule has 0 aliphatic rings. The Morgan fingerprint density at radius 1 is 0.962 bits per heavy atom. The smallest absolute Gasteiger partial charge is 0.134 e. The van der Waals surface area contributed by atoms with Crippen molar-refractivity contribution in [2.24, 2.45) is 0 Å². The van der Waals surface area contributed by atoms with Crippen LogP contribution in [0.15, 0.2) is 60.7 Å². The third-order valence-electron chi connectivity index (χ3n) is 4.09. The van der Waals surface area contributed by atoms with E-state index in [2.05, 4.69) is 12.6 Å². The fourth-order valence-electron chi connectivity index (χ4n) is 2.52. The average Bonchev–Trinajstić information content (AvgIpc) is 2.70. The molecule has 1 unspecified atom stereocenters. The fraction of sp³-hybridized carbons (Fsp3) is 0.273. The molecule has 2 rings (SSSR count). The van der Waals surface area contributed by atoms with E-state index in [1.54, 1.807) is 18.2 Å². The van der Waals surface area contributed by atoms with Gasteiger partial charge in [0.1, 0.15) is 11.9 Å². The van der Waals surface area contributed by atoms with E-state index in [4.69, 9.17) is 15.3 Å². The van der Waals surface area contributed by atoms with Gasteiger partial charge in [-0.3, -0.25) is 0 Å². The minimum atomic E-state index is -1.23. The van der Waals surface area contributed by atoms with E-state index in [0.29, 0.717) is 25.0 Å². The van der Waals surface area contributed by atoms with E-state index in [1.165, 1.54) is 0 Å². The summed E-state index contributed by atoms with van der Waals surface area (Å²) in [5.74, 6) is 0.795. The van der Waals surface area contributed by atoms with Gasteiger partial charge in [0.15, 0.2) is 0 Å². The molecule has 0 radical (unpaired) electrons. The Morgan fingerprint density at radius 3 is 2.15 bits per heavy atom. The van der Waals surface area contributed by atoms with Gasteiger partial charge >= 0.3 is 0 Å². The van der Waals surface area contributed by atoms with Crippen molar-refractivity contribution >= 4 is 0 Å². The SMILES string of the molecule is C=C(C#N)C(F)CCCCCOc1ccc(-c2ccc(C#N)cc2)cc1. The Bertz CT molecular complexity index is 798. The van der Waals surface area contributed by atoms with Crippen molar-refractivity contribution in [3.05, 3.63) is 66.2 Å². The maximum absolute atomic E-state index is 13.4. The number of nitriles is 2. The van der Waals surface area contributed by atoms with Crippen molar-refractivity contribution in [1.82, 2.24) is 0 Å². The third-order valence-corrected chi connectivity index (χ3v) is 4.09. The van der Waals surface area contributed by atoms with Crippen LogP contribution in [-0.2, 0) is 0 Å². The van der Waals surface area contributed by atoms with Crippen LogP contribution >= 0.6 is 0 Å². The lowest BCUT2D eigenvalue weighted by Gasteiger charge is -2.08. The van der Waals surface area contributed by atoms with Crippen LogP contribution in [0.2, 0.25) is 0 Å². The molecule has 2 aromatic rings. The van der Waals surface area contributed by atoms with Gasteiger partial charge in [0, 0.05) is 0 Å². The van der Waals surface area contributed by atoms with Crippen molar-refractivity contribution in [2.75, 3.05) is 6.61 Å². The second-order valence-corrected chi connectivity index (χ2v) is 6.02. The topological polar surface area (TPSA) is 56.8 Å². The molecule has 2 aromatic carbocycles. The van der Waals surface area contributed by atoms with Crippen molar-refractivity contribution in [1.29, 1.82) is 10.5 Å². The number of hydrogen-bond acceptors (Lipinski definition) is 3. The minimum absolute atomic E-state index is 0.00334. The monoisotopic (exact) mass is 348 g/mol. The first kappa shape index (κ1) is 19.2. The molecule has 132 valence electrons. The van der Waals surface area contributed by atoms with Gasteiger partial charge in [-0.2, -0.15) is 10.5 Å². The largest absolute Gasteiger partial charge is 0.494 e. The average molecular weight is 348 g/mol. The molecule has 4 heteroatoms. The number of halogens is 1. The highest BCUT2D eigenvalue weighted by Gasteiger charge is 2.09. The third kappa shape index (κ3) is 5.76. The van der Waals surface area contributed by atoms with E-state index in [1.807, 2.05) is 36.4 Å². The van der Waals surface area contributed by atoms with Gasteiger partial charge in [-0.1, -0.05) is 37.3 Å². The highest BCUT2D eigenvalue weighted by Crippen LogP contribution is 2.23. The molecule has 0 aromatic heterocycles. The highest BCUT2D eigenvalue weighted by atomic mass is 19.1. The Balaban J connectivity index is 1.72. The van der Waals surface area contributed by atoms with Crippen molar-refractivity contribution < 1.29 is 9.13 Å². The zero-order valence-electron chi connectivity index (χ0n) is 14.6. The summed E-state index contributed by atoms with van der Waals surface area (Å²) in [7, 11) is 0. The van der Waals surface area contributed by atoms with E-state index in [0.717, 1.165) is 29.7 Å². The lowest BCUT2D eigenvalue weighted by molar-refractivity contribution is 0.297. The van der Waals surface area contributed by atoms with Crippen LogP contribution in [0.25, 0.3) is 11.1 Å². The predicted octanol–water partition coefficient (Wildman–Crippen LogP) is 5.58. The summed E-state index contributed by atoms with van der Waals surface area (Å²) in [6.07, 6.45) is 1.51. The first-order valence-electron chi connectivity index (χ1n) is 8.60. The van der Waals surface area contributed by atoms with E-state index in [-0.39, 0.29) is 5.57 Å². The molecule has 0 saturated heterocycles. The number of nitrogens with zero attached hydrogens (tertiary/aromatic N) is 2. The molecule has 0 amide bonds. The van der Waals surface area contributed by atoms with Gasteiger partial charge in [0.25, 0.3) is 0 Å². The van der Waals surface area contributed by atoms with Gasteiger partial charge < -0.3 is 4.74 Å². The molecule has 0 saturated carbocycles. The number of rotatable bonds is 9. The molecule has 0 bridgehead atoms. The lowest BCUT2D eigenvalue weighted by Crippen LogP contribution is -2.03. The first-order valence-corrected chi connectivity index (χ1v) is 8.60. The van der Waals surface area contributed by atoms with E-state index in [9.17, 15) is 4.39 Å². The minimum Gasteiger partial charge on any atom is -0.494 e. The van der Waals surface area contributed by atoms with Gasteiger partial charge in [0.05, 0.1) is 29.9 Å². The van der Waals surface area contributed by atoms with Crippen molar-refractivity contribution in [2.45, 2.75) is 31.9 Å². The molecular formula is C22H21FN2O. The number of benzene rings is 2. The van der Waals surface area contributed by atoms with Gasteiger partial charge in [-0.05, 0) is 54.7 Å². The molecule has 0 aliphatic heterocycles. The molecule has 0 fully saturated rings. The summed E-state index contributed by atoms with van der Waals surface area (Å²) in [4.78, 5) is 0. The summed E-state index contributed by atoms with van der Waals surface area (Å²) in [5.41, 5.74) is 2.76. The summed E-state index contributed by atoms with van der Waals surface area (Å²) < 4.78 is 19.1. The standard InChI is InChI=1S/C22H21FN2O/c1-17(15-24)22(23)5-3-2-4-14-26-21-12-10-20(11-13-21)19-8-6-18(16-25)7-9-19/h6-13,22H,1-5,14H2. The quantitative estimate of drug-likeness (QED) is 0.439. The number of alkyl halides is 1. The van der Waals surface area contributed by atoms with Gasteiger partial charge in [-0.25, -0.2) is 4.39 Å². The lowest BCUT2D eigenvalue weighted by atomic mass is 10.0. The first-order chi connectivity index (χ1) is 12.6. The molecule has 1 atom stereocenters. The van der Waals surface area contributed by atoms with Crippen LogP contribution in [0.4, 0.5) is 4.39 Å². The molecule has 0 spiro atoms. The van der Waals surface area contributed by atoms with E-state index < -0.39 is 6.17 Å². The number of ether oxygens (including phenoxy) is 1. The van der Waals surface area contributed by atoms with Crippen LogP contribution in [0.1, 0.15) is 31.2 Å². The normalized spacial score (nSPS) is 11.2. The Hall–Kier alpha value is -3.11.